The highest BCUT2D eigenvalue weighted by Gasteiger charge is 2.22. The third-order valence-electron chi connectivity index (χ3n) is 2.50. The van der Waals surface area contributed by atoms with Crippen LogP contribution in [-0.2, 0) is 4.79 Å². The second kappa shape index (κ2) is 6.82. The molecule has 1 amide bonds. The molecule has 0 aliphatic rings. The molecule has 0 aliphatic heterocycles. The van der Waals surface area contributed by atoms with Crippen LogP contribution < -0.4 is 5.73 Å². The first-order valence-corrected chi connectivity index (χ1v) is 5.58. The van der Waals surface area contributed by atoms with Crippen molar-refractivity contribution in [1.29, 1.82) is 0 Å². The van der Waals surface area contributed by atoms with Gasteiger partial charge in [-0.25, -0.2) is 0 Å². The molecule has 2 N–H and O–H groups in total. The molecule has 0 radical (unpaired) electrons. The van der Waals surface area contributed by atoms with Gasteiger partial charge in [-0.2, -0.15) is 0 Å². The molecule has 0 aliphatic carbocycles. The molecule has 0 aromatic rings. The molecule has 14 heavy (non-hydrogen) atoms. The van der Waals surface area contributed by atoms with Crippen LogP contribution in [0.1, 0.15) is 40.5 Å². The molecular formula is C11H24N2O. The van der Waals surface area contributed by atoms with E-state index in [-0.39, 0.29) is 17.9 Å². The van der Waals surface area contributed by atoms with Crippen molar-refractivity contribution >= 4 is 5.91 Å². The Balaban J connectivity index is 4.40. The fourth-order valence-electron chi connectivity index (χ4n) is 1.54. The van der Waals surface area contributed by atoms with Crippen LogP contribution in [0, 0.1) is 5.92 Å². The van der Waals surface area contributed by atoms with Gasteiger partial charge in [0, 0.05) is 19.1 Å². The molecule has 0 aromatic heterocycles. The molecule has 0 fully saturated rings. The number of carbonyl (C=O) groups is 1. The number of carbonyl (C=O) groups excluding carboxylic acids is 1. The maximum absolute atomic E-state index is 12.0. The number of rotatable bonds is 6. The molecule has 0 saturated carbocycles. The third kappa shape index (κ3) is 3.66. The van der Waals surface area contributed by atoms with Gasteiger partial charge >= 0.3 is 0 Å². The summed E-state index contributed by atoms with van der Waals surface area (Å²) in [5.74, 6) is 0.218. The molecule has 1 atom stereocenters. The van der Waals surface area contributed by atoms with E-state index >= 15 is 0 Å². The standard InChI is InChI=1S/C11H24N2O/c1-5-7-13(9(3)4)11(14)10(6-2)8-12/h9-10H,5-8,12H2,1-4H3. The van der Waals surface area contributed by atoms with Crippen molar-refractivity contribution in [2.75, 3.05) is 13.1 Å². The van der Waals surface area contributed by atoms with Crippen molar-refractivity contribution in [1.82, 2.24) is 4.90 Å². The van der Waals surface area contributed by atoms with Crippen LogP contribution in [-0.4, -0.2) is 29.9 Å². The quantitative estimate of drug-likeness (QED) is 0.708. The Morgan fingerprint density at radius 1 is 1.36 bits per heavy atom. The van der Waals surface area contributed by atoms with Gasteiger partial charge in [0.2, 0.25) is 5.91 Å². The van der Waals surface area contributed by atoms with Crippen molar-refractivity contribution in [2.24, 2.45) is 11.7 Å². The first-order chi connectivity index (χ1) is 6.58. The predicted octanol–water partition coefficient (Wildman–Crippen LogP) is 1.62. The van der Waals surface area contributed by atoms with Gasteiger partial charge < -0.3 is 10.6 Å². The zero-order chi connectivity index (χ0) is 11.1. The Labute approximate surface area is 87.6 Å². The molecule has 0 aromatic carbocycles. The highest BCUT2D eigenvalue weighted by atomic mass is 16.2. The minimum absolute atomic E-state index is 0.00366. The Morgan fingerprint density at radius 3 is 2.21 bits per heavy atom. The van der Waals surface area contributed by atoms with E-state index in [0.29, 0.717) is 6.54 Å². The van der Waals surface area contributed by atoms with E-state index in [1.54, 1.807) is 0 Å². The van der Waals surface area contributed by atoms with Crippen LogP contribution >= 0.6 is 0 Å². The maximum atomic E-state index is 12.0. The summed E-state index contributed by atoms with van der Waals surface area (Å²) < 4.78 is 0. The van der Waals surface area contributed by atoms with Crippen molar-refractivity contribution in [2.45, 2.75) is 46.6 Å². The van der Waals surface area contributed by atoms with Gasteiger partial charge in [0.25, 0.3) is 0 Å². The minimum Gasteiger partial charge on any atom is -0.340 e. The summed E-state index contributed by atoms with van der Waals surface area (Å²) in [6, 6.07) is 0.281. The maximum Gasteiger partial charge on any atom is 0.227 e. The summed E-state index contributed by atoms with van der Waals surface area (Å²) in [6.07, 6.45) is 1.84. The van der Waals surface area contributed by atoms with Gasteiger partial charge in [-0.1, -0.05) is 13.8 Å². The topological polar surface area (TPSA) is 46.3 Å². The number of hydrogen-bond donors (Lipinski definition) is 1. The lowest BCUT2D eigenvalue weighted by molar-refractivity contribution is -0.137. The summed E-state index contributed by atoms with van der Waals surface area (Å²) >= 11 is 0. The molecule has 0 rings (SSSR count). The summed E-state index contributed by atoms with van der Waals surface area (Å²) in [5.41, 5.74) is 5.57. The highest BCUT2D eigenvalue weighted by molar-refractivity contribution is 5.79. The van der Waals surface area contributed by atoms with E-state index in [4.69, 9.17) is 5.73 Å². The Bertz CT molecular complexity index is 165. The summed E-state index contributed by atoms with van der Waals surface area (Å²) in [5, 5.41) is 0. The zero-order valence-corrected chi connectivity index (χ0v) is 9.92. The molecule has 0 spiro atoms. The van der Waals surface area contributed by atoms with Crippen molar-refractivity contribution in [3.05, 3.63) is 0 Å². The lowest BCUT2D eigenvalue weighted by Gasteiger charge is -2.29. The highest BCUT2D eigenvalue weighted by Crippen LogP contribution is 2.10. The first-order valence-electron chi connectivity index (χ1n) is 5.58. The lowest BCUT2D eigenvalue weighted by atomic mass is 10.0. The Hall–Kier alpha value is -0.570. The lowest BCUT2D eigenvalue weighted by Crippen LogP contribution is -2.43. The Kier molecular flexibility index (Phi) is 6.54. The number of amides is 1. The van der Waals surface area contributed by atoms with Crippen LogP contribution in [0.15, 0.2) is 0 Å². The van der Waals surface area contributed by atoms with Crippen LogP contribution in [0.4, 0.5) is 0 Å². The van der Waals surface area contributed by atoms with Crippen LogP contribution in [0.2, 0.25) is 0 Å². The summed E-state index contributed by atoms with van der Waals surface area (Å²) in [7, 11) is 0. The van der Waals surface area contributed by atoms with Gasteiger partial charge in [-0.15, -0.1) is 0 Å². The average Bonchev–Trinajstić information content (AvgIpc) is 2.15. The molecule has 1 unspecified atom stereocenters. The van der Waals surface area contributed by atoms with Gasteiger partial charge in [-0.3, -0.25) is 4.79 Å². The van der Waals surface area contributed by atoms with Gasteiger partial charge in [0.15, 0.2) is 0 Å². The van der Waals surface area contributed by atoms with E-state index in [1.807, 2.05) is 11.8 Å². The molecule has 0 heterocycles. The molecular weight excluding hydrogens is 176 g/mol. The van der Waals surface area contributed by atoms with Crippen LogP contribution in [0.5, 0.6) is 0 Å². The second-order valence-corrected chi connectivity index (χ2v) is 3.97. The first kappa shape index (κ1) is 13.4. The number of nitrogens with zero attached hydrogens (tertiary/aromatic N) is 1. The average molecular weight is 200 g/mol. The van der Waals surface area contributed by atoms with Gasteiger partial charge in [0.1, 0.15) is 0 Å². The van der Waals surface area contributed by atoms with E-state index in [1.165, 1.54) is 0 Å². The van der Waals surface area contributed by atoms with E-state index in [9.17, 15) is 4.79 Å². The van der Waals surface area contributed by atoms with Gasteiger partial charge in [-0.05, 0) is 26.7 Å². The van der Waals surface area contributed by atoms with Crippen LogP contribution in [0.3, 0.4) is 0 Å². The predicted molar refractivity (Wildman–Crippen MR) is 60.0 cm³/mol. The number of nitrogens with two attached hydrogens (primary N) is 1. The van der Waals surface area contributed by atoms with Crippen molar-refractivity contribution in [3.63, 3.8) is 0 Å². The van der Waals surface area contributed by atoms with Crippen molar-refractivity contribution in [3.8, 4) is 0 Å². The fourth-order valence-corrected chi connectivity index (χ4v) is 1.54. The molecule has 3 heteroatoms. The van der Waals surface area contributed by atoms with Crippen molar-refractivity contribution < 1.29 is 4.79 Å². The minimum atomic E-state index is 0.00366. The van der Waals surface area contributed by atoms with Crippen LogP contribution in [0.25, 0.3) is 0 Å². The fraction of sp³-hybridized carbons (Fsp3) is 0.909. The second-order valence-electron chi connectivity index (χ2n) is 3.97. The normalized spacial score (nSPS) is 13.0. The van der Waals surface area contributed by atoms with E-state index in [2.05, 4.69) is 20.8 Å². The molecule has 0 bridgehead atoms. The monoisotopic (exact) mass is 200 g/mol. The zero-order valence-electron chi connectivity index (χ0n) is 9.92. The largest absolute Gasteiger partial charge is 0.340 e. The van der Waals surface area contributed by atoms with E-state index < -0.39 is 0 Å². The Morgan fingerprint density at radius 2 is 1.93 bits per heavy atom. The van der Waals surface area contributed by atoms with E-state index in [0.717, 1.165) is 19.4 Å². The molecule has 3 nitrogen and oxygen atoms in total. The van der Waals surface area contributed by atoms with Gasteiger partial charge in [0.05, 0.1) is 5.92 Å². The number of hydrogen-bond acceptors (Lipinski definition) is 2. The SMILES string of the molecule is CCCN(C(=O)C(CC)CN)C(C)C. The molecule has 0 saturated heterocycles. The smallest absolute Gasteiger partial charge is 0.227 e. The third-order valence-corrected chi connectivity index (χ3v) is 2.50. The summed E-state index contributed by atoms with van der Waals surface area (Å²) in [6.45, 7) is 9.51. The summed E-state index contributed by atoms with van der Waals surface area (Å²) in [4.78, 5) is 13.9. The molecule has 84 valence electrons.